The second-order valence-electron chi connectivity index (χ2n) is 16.1. The summed E-state index contributed by atoms with van der Waals surface area (Å²) in [5.74, 6) is 1.36. The van der Waals surface area contributed by atoms with Crippen LogP contribution in [0.5, 0.6) is 0 Å². The fourth-order valence-corrected chi connectivity index (χ4v) is 11.3. The summed E-state index contributed by atoms with van der Waals surface area (Å²) in [7, 11) is 0. The van der Waals surface area contributed by atoms with Crippen LogP contribution in [-0.2, 0) is 19.1 Å². The van der Waals surface area contributed by atoms with Crippen LogP contribution in [0.3, 0.4) is 0 Å². The number of hydrogen-bond acceptors (Lipinski definition) is 4. The van der Waals surface area contributed by atoms with Gasteiger partial charge in [0.2, 0.25) is 0 Å². The van der Waals surface area contributed by atoms with Crippen LogP contribution in [-0.4, -0.2) is 24.6 Å². The molecule has 0 saturated heterocycles. The molecule has 4 nitrogen and oxygen atoms in total. The molecule has 0 amide bonds. The second-order valence-corrected chi connectivity index (χ2v) is 16.1. The number of carbonyl (C=O) groups is 2. The number of carbonyl (C=O) groups excluding carboxylic acids is 2. The average Bonchev–Trinajstić information content (AvgIpc) is 2.81. The second kappa shape index (κ2) is 8.84. The number of esters is 2. The van der Waals surface area contributed by atoms with Crippen LogP contribution in [0.2, 0.25) is 0 Å². The molecule has 0 N–H and O–H groups in total. The molecule has 0 bridgehead atoms. The van der Waals surface area contributed by atoms with Crippen LogP contribution >= 0.6 is 0 Å². The molecule has 4 fully saturated rings. The molecule has 5 aliphatic rings. The lowest BCUT2D eigenvalue weighted by atomic mass is 9.33. The summed E-state index contributed by atoms with van der Waals surface area (Å²) in [4.78, 5) is 25.6. The molecule has 8 atom stereocenters. The van der Waals surface area contributed by atoms with E-state index >= 15 is 0 Å². The molecule has 5 rings (SSSR count). The van der Waals surface area contributed by atoms with E-state index in [-0.39, 0.29) is 50.5 Å². The topological polar surface area (TPSA) is 52.6 Å². The van der Waals surface area contributed by atoms with Gasteiger partial charge in [-0.05, 0) is 111 Å². The zero-order chi connectivity index (χ0) is 27.9. The molecule has 0 heterocycles. The lowest BCUT2D eigenvalue weighted by Gasteiger charge is -2.71. The van der Waals surface area contributed by atoms with E-state index in [4.69, 9.17) is 9.47 Å². The standard InChI is InChI=1S/C34H54O4/c1-10-37-28(36)34-19-17-29(3,4)21-24(34)23-11-12-26-31(7)15-14-27(38-22(2)35)30(5,6)25(31)13-16-33(26,9)32(23,8)18-20-34/h11,24-27H,10,12-21H2,1-9H3/t24-,25-,26+,27-,31-,32+,33+,34-/m0/s1. The first kappa shape index (κ1) is 28.2. The zero-order valence-electron chi connectivity index (χ0n) is 25.8. The van der Waals surface area contributed by atoms with E-state index in [0.29, 0.717) is 24.4 Å². The van der Waals surface area contributed by atoms with E-state index in [0.717, 1.165) is 51.4 Å². The van der Waals surface area contributed by atoms with Gasteiger partial charge in [-0.25, -0.2) is 0 Å². The highest BCUT2D eigenvalue weighted by Crippen LogP contribution is 2.76. The largest absolute Gasteiger partial charge is 0.466 e. The Labute approximate surface area is 232 Å². The van der Waals surface area contributed by atoms with Gasteiger partial charge in [0.1, 0.15) is 6.10 Å². The van der Waals surface area contributed by atoms with Crippen molar-refractivity contribution in [1.82, 2.24) is 0 Å². The smallest absolute Gasteiger partial charge is 0.312 e. The van der Waals surface area contributed by atoms with Crippen molar-refractivity contribution in [3.63, 3.8) is 0 Å². The maximum Gasteiger partial charge on any atom is 0.312 e. The van der Waals surface area contributed by atoms with Gasteiger partial charge in [-0.2, -0.15) is 0 Å². The Kier molecular flexibility index (Phi) is 6.56. The average molecular weight is 527 g/mol. The third kappa shape index (κ3) is 3.73. The SMILES string of the molecule is CCOC(=O)[C@]12CCC(C)(C)C[C@H]1C1=CC[C@@H]3[C@@]4(C)CC[C@H](OC(C)=O)C(C)(C)[C@@H]4CC[C@@]3(C)[C@]1(C)CC2. The van der Waals surface area contributed by atoms with Crippen LogP contribution in [0.1, 0.15) is 127 Å². The highest BCUT2D eigenvalue weighted by molar-refractivity contribution is 5.78. The molecule has 4 heteroatoms. The Morgan fingerprint density at radius 2 is 1.58 bits per heavy atom. The van der Waals surface area contributed by atoms with Crippen molar-refractivity contribution < 1.29 is 19.1 Å². The monoisotopic (exact) mass is 526 g/mol. The predicted octanol–water partition coefficient (Wildman–Crippen LogP) is 8.28. The van der Waals surface area contributed by atoms with Crippen LogP contribution < -0.4 is 0 Å². The molecule has 5 aliphatic carbocycles. The lowest BCUT2D eigenvalue weighted by Crippen LogP contribution is -2.65. The Morgan fingerprint density at radius 3 is 2.24 bits per heavy atom. The van der Waals surface area contributed by atoms with Crippen molar-refractivity contribution in [2.24, 2.45) is 50.2 Å². The number of rotatable bonds is 3. The molecule has 0 aromatic rings. The van der Waals surface area contributed by atoms with Gasteiger partial charge in [-0.3, -0.25) is 9.59 Å². The summed E-state index contributed by atoms with van der Waals surface area (Å²) in [6.07, 6.45) is 13.4. The first-order valence-electron chi connectivity index (χ1n) is 15.6. The molecule has 0 aromatic carbocycles. The molecule has 0 spiro atoms. The molecule has 0 unspecified atom stereocenters. The van der Waals surface area contributed by atoms with E-state index in [2.05, 4.69) is 54.5 Å². The third-order valence-corrected chi connectivity index (χ3v) is 13.6. The van der Waals surface area contributed by atoms with Crippen molar-refractivity contribution in [2.45, 2.75) is 133 Å². The van der Waals surface area contributed by atoms with Gasteiger partial charge in [-0.1, -0.05) is 60.1 Å². The van der Waals surface area contributed by atoms with Crippen LogP contribution in [0.25, 0.3) is 0 Å². The molecule has 38 heavy (non-hydrogen) atoms. The van der Waals surface area contributed by atoms with Gasteiger partial charge >= 0.3 is 11.9 Å². The number of hydrogen-bond donors (Lipinski definition) is 0. The normalized spacial score (nSPS) is 46.8. The fourth-order valence-electron chi connectivity index (χ4n) is 11.3. The van der Waals surface area contributed by atoms with E-state index in [1.165, 1.54) is 12.8 Å². The van der Waals surface area contributed by atoms with Crippen molar-refractivity contribution in [1.29, 1.82) is 0 Å². The van der Waals surface area contributed by atoms with Crippen LogP contribution in [0.4, 0.5) is 0 Å². The Bertz CT molecular complexity index is 1020. The van der Waals surface area contributed by atoms with Gasteiger partial charge in [0, 0.05) is 12.3 Å². The van der Waals surface area contributed by atoms with Gasteiger partial charge in [-0.15, -0.1) is 0 Å². The number of fused-ring (bicyclic) bond motifs is 7. The third-order valence-electron chi connectivity index (χ3n) is 13.6. The predicted molar refractivity (Wildman–Crippen MR) is 151 cm³/mol. The number of allylic oxidation sites excluding steroid dienone is 2. The summed E-state index contributed by atoms with van der Waals surface area (Å²) < 4.78 is 11.7. The molecule has 214 valence electrons. The molecular formula is C34H54O4. The molecule has 4 saturated carbocycles. The molecule has 0 aliphatic heterocycles. The first-order valence-corrected chi connectivity index (χ1v) is 15.6. The summed E-state index contributed by atoms with van der Waals surface area (Å²) in [5.41, 5.74) is 2.01. The maximum atomic E-state index is 13.6. The van der Waals surface area contributed by atoms with Gasteiger partial charge in [0.15, 0.2) is 0 Å². The van der Waals surface area contributed by atoms with Crippen molar-refractivity contribution in [3.05, 3.63) is 11.6 Å². The van der Waals surface area contributed by atoms with Crippen molar-refractivity contribution in [3.8, 4) is 0 Å². The van der Waals surface area contributed by atoms with E-state index in [9.17, 15) is 9.59 Å². The Balaban J connectivity index is 1.55. The maximum absolute atomic E-state index is 13.6. The van der Waals surface area contributed by atoms with Crippen molar-refractivity contribution >= 4 is 11.9 Å². The highest BCUT2D eigenvalue weighted by atomic mass is 16.5. The van der Waals surface area contributed by atoms with Gasteiger partial charge in [0.25, 0.3) is 0 Å². The molecule has 0 aromatic heterocycles. The fraction of sp³-hybridized carbons (Fsp3) is 0.882. The highest BCUT2D eigenvalue weighted by Gasteiger charge is 2.69. The summed E-state index contributed by atoms with van der Waals surface area (Å²) >= 11 is 0. The summed E-state index contributed by atoms with van der Waals surface area (Å²) in [6, 6.07) is 0. The zero-order valence-corrected chi connectivity index (χ0v) is 25.8. The lowest BCUT2D eigenvalue weighted by molar-refractivity contribution is -0.213. The quantitative estimate of drug-likeness (QED) is 0.274. The van der Waals surface area contributed by atoms with Crippen molar-refractivity contribution in [2.75, 3.05) is 6.61 Å². The van der Waals surface area contributed by atoms with Gasteiger partial charge in [0.05, 0.1) is 12.0 Å². The molecular weight excluding hydrogens is 472 g/mol. The Morgan fingerprint density at radius 1 is 0.895 bits per heavy atom. The van der Waals surface area contributed by atoms with E-state index < -0.39 is 0 Å². The summed E-state index contributed by atoms with van der Waals surface area (Å²) in [5, 5.41) is 0. The number of ether oxygens (including phenoxy) is 2. The first-order chi connectivity index (χ1) is 17.6. The minimum Gasteiger partial charge on any atom is -0.466 e. The summed E-state index contributed by atoms with van der Waals surface area (Å²) in [6.45, 7) is 21.2. The minimum atomic E-state index is -0.342. The van der Waals surface area contributed by atoms with E-state index in [1.807, 2.05) is 6.92 Å². The van der Waals surface area contributed by atoms with Crippen LogP contribution in [0.15, 0.2) is 11.6 Å². The van der Waals surface area contributed by atoms with Crippen LogP contribution in [0, 0.1) is 50.2 Å². The minimum absolute atomic E-state index is 0.0112. The Hall–Kier alpha value is -1.32. The van der Waals surface area contributed by atoms with Gasteiger partial charge < -0.3 is 9.47 Å². The molecule has 0 radical (unpaired) electrons. The van der Waals surface area contributed by atoms with E-state index in [1.54, 1.807) is 12.5 Å².